The van der Waals surface area contributed by atoms with Gasteiger partial charge in [0.25, 0.3) is 0 Å². The van der Waals surface area contributed by atoms with Gasteiger partial charge in [-0.25, -0.2) is 9.59 Å². The van der Waals surface area contributed by atoms with Gasteiger partial charge in [-0.1, -0.05) is 18.2 Å². The first-order chi connectivity index (χ1) is 16.9. The van der Waals surface area contributed by atoms with Crippen LogP contribution < -0.4 is 15.2 Å². The Morgan fingerprint density at radius 1 is 1.11 bits per heavy atom. The van der Waals surface area contributed by atoms with E-state index in [1.165, 1.54) is 14.2 Å². The Bertz CT molecular complexity index is 1240. The Kier molecular flexibility index (Phi) is 8.00. The van der Waals surface area contributed by atoms with E-state index in [-0.39, 0.29) is 41.6 Å². The number of hydrogen-bond acceptors (Lipinski definition) is 9. The fourth-order valence-electron chi connectivity index (χ4n) is 3.81. The summed E-state index contributed by atoms with van der Waals surface area (Å²) in [5, 5.41) is 9.80. The van der Waals surface area contributed by atoms with E-state index < -0.39 is 17.9 Å². The van der Waals surface area contributed by atoms with Gasteiger partial charge in [-0.2, -0.15) is 5.26 Å². The lowest BCUT2D eigenvalue weighted by Crippen LogP contribution is -2.25. The van der Waals surface area contributed by atoms with Gasteiger partial charge in [0, 0.05) is 5.56 Å². The number of benzene rings is 2. The number of hydrogen-bond donors (Lipinski definition) is 1. The quantitative estimate of drug-likeness (QED) is 0.564. The monoisotopic (exact) mass is 478 g/mol. The van der Waals surface area contributed by atoms with Crippen LogP contribution in [0.1, 0.15) is 41.3 Å². The zero-order valence-corrected chi connectivity index (χ0v) is 19.9. The molecule has 0 saturated heterocycles. The van der Waals surface area contributed by atoms with Crippen molar-refractivity contribution < 1.29 is 33.3 Å². The van der Waals surface area contributed by atoms with Crippen molar-refractivity contribution >= 4 is 11.9 Å². The predicted molar refractivity (Wildman–Crippen MR) is 125 cm³/mol. The number of rotatable bonds is 8. The van der Waals surface area contributed by atoms with Gasteiger partial charge in [-0.3, -0.25) is 0 Å². The number of nitriles is 1. The first-order valence-electron chi connectivity index (χ1n) is 10.8. The first kappa shape index (κ1) is 25.2. The molecule has 3 rings (SSSR count). The summed E-state index contributed by atoms with van der Waals surface area (Å²) < 4.78 is 26.9. The Hall–Kier alpha value is -4.45. The van der Waals surface area contributed by atoms with Crippen LogP contribution in [0.3, 0.4) is 0 Å². The molecule has 0 aromatic heterocycles. The van der Waals surface area contributed by atoms with Crippen LogP contribution in [0.25, 0.3) is 0 Å². The number of esters is 2. The summed E-state index contributed by atoms with van der Waals surface area (Å²) in [5.74, 6) is -0.902. The van der Waals surface area contributed by atoms with Crippen LogP contribution in [0.5, 0.6) is 11.5 Å². The maximum Gasteiger partial charge on any atom is 0.341 e. The molecule has 0 saturated carbocycles. The van der Waals surface area contributed by atoms with Crippen LogP contribution in [0.2, 0.25) is 0 Å². The Morgan fingerprint density at radius 3 is 2.51 bits per heavy atom. The van der Waals surface area contributed by atoms with E-state index in [9.17, 15) is 14.9 Å². The minimum Gasteiger partial charge on any atom is -0.496 e. The van der Waals surface area contributed by atoms with Crippen LogP contribution in [0, 0.1) is 11.3 Å². The highest BCUT2D eigenvalue weighted by Gasteiger charge is 2.36. The zero-order valence-electron chi connectivity index (χ0n) is 19.9. The fourth-order valence-corrected chi connectivity index (χ4v) is 3.81. The highest BCUT2D eigenvalue weighted by molar-refractivity contribution is 5.93. The number of nitrogens with two attached hydrogens (primary N) is 1. The number of carbonyl (C=O) groups is 2. The zero-order chi connectivity index (χ0) is 25.5. The first-order valence-corrected chi connectivity index (χ1v) is 10.8. The molecule has 1 unspecified atom stereocenters. The Morgan fingerprint density at radius 2 is 1.86 bits per heavy atom. The highest BCUT2D eigenvalue weighted by atomic mass is 16.5. The molecule has 35 heavy (non-hydrogen) atoms. The molecule has 0 amide bonds. The smallest absolute Gasteiger partial charge is 0.341 e. The van der Waals surface area contributed by atoms with Crippen molar-refractivity contribution in [1.29, 1.82) is 5.26 Å². The van der Waals surface area contributed by atoms with E-state index in [2.05, 4.69) is 6.07 Å². The van der Waals surface area contributed by atoms with Crippen LogP contribution in [0.15, 0.2) is 65.3 Å². The highest BCUT2D eigenvalue weighted by Crippen LogP contribution is 2.41. The number of nitrogens with zero attached hydrogens (tertiary/aromatic N) is 1. The second kappa shape index (κ2) is 11.1. The molecular formula is C26H26N2O7. The lowest BCUT2D eigenvalue weighted by molar-refractivity contribution is -0.139. The summed E-state index contributed by atoms with van der Waals surface area (Å²) in [6, 6.07) is 14.0. The van der Waals surface area contributed by atoms with Gasteiger partial charge in [-0.05, 0) is 43.7 Å². The molecule has 2 aromatic rings. The van der Waals surface area contributed by atoms with Crippen molar-refractivity contribution in [1.82, 2.24) is 0 Å². The summed E-state index contributed by atoms with van der Waals surface area (Å²) >= 11 is 0. The number of allylic oxidation sites excluding steroid dienone is 2. The maximum absolute atomic E-state index is 12.8. The molecule has 1 atom stereocenters. The summed E-state index contributed by atoms with van der Waals surface area (Å²) in [5.41, 5.74) is 7.75. The van der Waals surface area contributed by atoms with Gasteiger partial charge in [0.05, 0.1) is 32.3 Å². The minimum absolute atomic E-state index is 0.0345. The number of ether oxygens (including phenoxy) is 5. The molecule has 0 fully saturated rings. The largest absolute Gasteiger partial charge is 0.496 e. The third kappa shape index (κ3) is 5.22. The third-order valence-electron chi connectivity index (χ3n) is 5.41. The Balaban J connectivity index is 2.04. The van der Waals surface area contributed by atoms with Crippen molar-refractivity contribution in [2.75, 3.05) is 20.8 Å². The second-order valence-electron chi connectivity index (χ2n) is 7.46. The van der Waals surface area contributed by atoms with E-state index >= 15 is 0 Å². The van der Waals surface area contributed by atoms with E-state index in [0.29, 0.717) is 22.6 Å². The molecule has 0 radical (unpaired) electrons. The van der Waals surface area contributed by atoms with Gasteiger partial charge >= 0.3 is 11.9 Å². The van der Waals surface area contributed by atoms with Crippen LogP contribution in [-0.4, -0.2) is 32.8 Å². The summed E-state index contributed by atoms with van der Waals surface area (Å²) in [4.78, 5) is 24.9. The molecule has 2 aromatic carbocycles. The van der Waals surface area contributed by atoms with E-state index in [4.69, 9.17) is 29.4 Å². The molecule has 182 valence electrons. The van der Waals surface area contributed by atoms with Crippen LogP contribution >= 0.6 is 0 Å². The number of para-hydroxylation sites is 1. The van der Waals surface area contributed by atoms with Crippen molar-refractivity contribution in [2.24, 2.45) is 5.73 Å². The molecule has 1 aliphatic heterocycles. The SMILES string of the molecule is CCOC(=O)C1=C(C)OC(N)=C(C#N)C1c1ccc(OC)c(COc2ccccc2C(=O)OC)c1. The second-order valence-corrected chi connectivity index (χ2v) is 7.46. The molecule has 9 nitrogen and oxygen atoms in total. The van der Waals surface area contributed by atoms with Crippen molar-refractivity contribution in [3.8, 4) is 17.6 Å². The van der Waals surface area contributed by atoms with Gasteiger partial charge in [0.2, 0.25) is 5.88 Å². The van der Waals surface area contributed by atoms with Crippen LogP contribution in [0.4, 0.5) is 0 Å². The molecule has 0 bridgehead atoms. The number of methoxy groups -OCH3 is 2. The summed E-state index contributed by atoms with van der Waals surface area (Å²) in [7, 11) is 2.81. The van der Waals surface area contributed by atoms with Crippen molar-refractivity contribution in [2.45, 2.75) is 26.4 Å². The summed E-state index contributed by atoms with van der Waals surface area (Å²) in [6.07, 6.45) is 0. The average molecular weight is 479 g/mol. The van der Waals surface area contributed by atoms with E-state index in [1.54, 1.807) is 56.3 Å². The Labute approximate surface area is 203 Å². The number of carbonyl (C=O) groups excluding carboxylic acids is 2. The lowest BCUT2D eigenvalue weighted by Gasteiger charge is -2.27. The standard InChI is InChI=1S/C26H26N2O7/c1-5-33-26(30)22-15(2)35-24(28)19(13-27)23(22)16-10-11-20(31-3)17(12-16)14-34-21-9-7-6-8-18(21)25(29)32-4/h6-12,23H,5,14,28H2,1-4H3. The molecular weight excluding hydrogens is 452 g/mol. The van der Waals surface area contributed by atoms with Gasteiger partial charge in [0.15, 0.2) is 0 Å². The predicted octanol–water partition coefficient (Wildman–Crippen LogP) is 3.71. The summed E-state index contributed by atoms with van der Waals surface area (Å²) in [6.45, 7) is 3.48. The van der Waals surface area contributed by atoms with E-state index in [1.807, 2.05) is 0 Å². The average Bonchev–Trinajstić information content (AvgIpc) is 2.86. The fraction of sp³-hybridized carbons (Fsp3) is 0.269. The van der Waals surface area contributed by atoms with Crippen LogP contribution in [-0.2, 0) is 25.6 Å². The third-order valence-corrected chi connectivity index (χ3v) is 5.41. The van der Waals surface area contributed by atoms with Gasteiger partial charge < -0.3 is 29.4 Å². The molecule has 0 spiro atoms. The van der Waals surface area contributed by atoms with Crippen molar-refractivity contribution in [3.63, 3.8) is 0 Å². The van der Waals surface area contributed by atoms with Gasteiger partial charge in [0.1, 0.15) is 41.1 Å². The van der Waals surface area contributed by atoms with E-state index in [0.717, 1.165) is 0 Å². The molecule has 0 aliphatic carbocycles. The normalized spacial score (nSPS) is 15.1. The maximum atomic E-state index is 12.8. The van der Waals surface area contributed by atoms with Gasteiger partial charge in [-0.15, -0.1) is 0 Å². The molecule has 1 aliphatic rings. The molecule has 1 heterocycles. The van der Waals surface area contributed by atoms with Crippen molar-refractivity contribution in [3.05, 3.63) is 81.9 Å². The minimum atomic E-state index is -0.806. The topological polar surface area (TPSA) is 130 Å². The lowest BCUT2D eigenvalue weighted by atomic mass is 9.82. The molecule has 2 N–H and O–H groups in total. The molecule has 9 heteroatoms.